The van der Waals surface area contributed by atoms with Crippen LogP contribution in [-0.2, 0) is 4.79 Å². The van der Waals surface area contributed by atoms with Gasteiger partial charge in [-0.3, -0.25) is 4.79 Å². The van der Waals surface area contributed by atoms with E-state index in [4.69, 9.17) is 0 Å². The largest absolute Gasteiger partial charge is 0.387 e. The molecule has 0 spiro atoms. The zero-order valence-electron chi connectivity index (χ0n) is 9.71. The molecule has 1 aliphatic rings. The van der Waals surface area contributed by atoms with Crippen molar-refractivity contribution >= 4 is 5.91 Å². The summed E-state index contributed by atoms with van der Waals surface area (Å²) in [4.78, 5) is 13.4. The van der Waals surface area contributed by atoms with Crippen molar-refractivity contribution < 1.29 is 9.90 Å². The lowest BCUT2D eigenvalue weighted by Crippen LogP contribution is -2.54. The Kier molecular flexibility index (Phi) is 4.07. The second-order valence-corrected chi connectivity index (χ2v) is 4.81. The highest BCUT2D eigenvalue weighted by molar-refractivity contribution is 5.80. The molecule has 5 nitrogen and oxygen atoms in total. The molecule has 0 aromatic heterocycles. The van der Waals surface area contributed by atoms with E-state index < -0.39 is 5.60 Å². The zero-order valence-corrected chi connectivity index (χ0v) is 9.71. The van der Waals surface area contributed by atoms with Crippen molar-refractivity contribution in [3.8, 4) is 0 Å². The van der Waals surface area contributed by atoms with Crippen molar-refractivity contribution in [2.24, 2.45) is 5.92 Å². The standard InChI is InChI=1S/C10H21N3O2/c1-10(15,7-13(2)3)6-12-9(14)8-4-11-5-8/h8,11,15H,4-7H2,1-3H3,(H,12,14). The van der Waals surface area contributed by atoms with Crippen LogP contribution in [0, 0.1) is 5.92 Å². The molecular weight excluding hydrogens is 194 g/mol. The van der Waals surface area contributed by atoms with E-state index in [1.807, 2.05) is 19.0 Å². The second kappa shape index (κ2) is 4.92. The Morgan fingerprint density at radius 2 is 2.20 bits per heavy atom. The Hall–Kier alpha value is -0.650. The zero-order chi connectivity index (χ0) is 11.5. The van der Waals surface area contributed by atoms with Crippen LogP contribution in [0.3, 0.4) is 0 Å². The van der Waals surface area contributed by atoms with Crippen molar-refractivity contribution in [3.05, 3.63) is 0 Å². The number of likely N-dealkylation sites (N-methyl/N-ethyl adjacent to an activating group) is 1. The fraction of sp³-hybridized carbons (Fsp3) is 0.900. The lowest BCUT2D eigenvalue weighted by molar-refractivity contribution is -0.127. The van der Waals surface area contributed by atoms with Crippen LogP contribution >= 0.6 is 0 Å². The summed E-state index contributed by atoms with van der Waals surface area (Å²) in [5.41, 5.74) is -0.865. The normalized spacial score (nSPS) is 20.9. The molecule has 0 saturated carbocycles. The molecule has 1 amide bonds. The summed E-state index contributed by atoms with van der Waals surface area (Å²) in [6, 6.07) is 0. The second-order valence-electron chi connectivity index (χ2n) is 4.81. The van der Waals surface area contributed by atoms with Gasteiger partial charge in [0.05, 0.1) is 11.5 Å². The van der Waals surface area contributed by atoms with Crippen LogP contribution in [0.4, 0.5) is 0 Å². The van der Waals surface area contributed by atoms with E-state index in [0.717, 1.165) is 13.1 Å². The fourth-order valence-electron chi connectivity index (χ4n) is 1.63. The van der Waals surface area contributed by atoms with Crippen molar-refractivity contribution in [2.75, 3.05) is 40.3 Å². The first-order chi connectivity index (χ1) is 6.91. The topological polar surface area (TPSA) is 64.6 Å². The van der Waals surface area contributed by atoms with Crippen molar-refractivity contribution in [3.63, 3.8) is 0 Å². The van der Waals surface area contributed by atoms with Gasteiger partial charge in [0, 0.05) is 26.2 Å². The third kappa shape index (κ3) is 4.15. The maximum Gasteiger partial charge on any atom is 0.225 e. The summed E-state index contributed by atoms with van der Waals surface area (Å²) in [6.07, 6.45) is 0. The Bertz CT molecular complexity index is 225. The average Bonchev–Trinajstić information content (AvgIpc) is 1.95. The van der Waals surface area contributed by atoms with Crippen LogP contribution in [0.5, 0.6) is 0 Å². The number of carbonyl (C=O) groups excluding carboxylic acids is 1. The van der Waals surface area contributed by atoms with Gasteiger partial charge >= 0.3 is 0 Å². The molecule has 0 aromatic carbocycles. The minimum absolute atomic E-state index is 0.0350. The van der Waals surface area contributed by atoms with Crippen LogP contribution in [-0.4, -0.2) is 61.8 Å². The van der Waals surface area contributed by atoms with E-state index in [-0.39, 0.29) is 11.8 Å². The molecule has 3 N–H and O–H groups in total. The van der Waals surface area contributed by atoms with Gasteiger partial charge in [0.25, 0.3) is 0 Å². The Balaban J connectivity index is 2.25. The summed E-state index contributed by atoms with van der Waals surface area (Å²) >= 11 is 0. The third-order valence-corrected chi connectivity index (χ3v) is 2.45. The molecule has 0 aromatic rings. The molecule has 1 aliphatic heterocycles. The average molecular weight is 215 g/mol. The molecular formula is C10H21N3O2. The van der Waals surface area contributed by atoms with E-state index in [9.17, 15) is 9.90 Å². The fourth-order valence-corrected chi connectivity index (χ4v) is 1.63. The first kappa shape index (κ1) is 12.4. The minimum atomic E-state index is -0.865. The highest BCUT2D eigenvalue weighted by Crippen LogP contribution is 2.05. The summed E-state index contributed by atoms with van der Waals surface area (Å²) in [6.45, 7) is 4.08. The number of nitrogens with zero attached hydrogens (tertiary/aromatic N) is 1. The van der Waals surface area contributed by atoms with E-state index in [0.29, 0.717) is 13.1 Å². The van der Waals surface area contributed by atoms with Gasteiger partial charge in [-0.2, -0.15) is 0 Å². The molecule has 0 radical (unpaired) electrons. The smallest absolute Gasteiger partial charge is 0.225 e. The molecule has 1 unspecified atom stereocenters. The van der Waals surface area contributed by atoms with Crippen LogP contribution < -0.4 is 10.6 Å². The molecule has 88 valence electrons. The van der Waals surface area contributed by atoms with Gasteiger partial charge < -0.3 is 20.6 Å². The molecule has 0 bridgehead atoms. The van der Waals surface area contributed by atoms with E-state index in [1.165, 1.54) is 0 Å². The van der Waals surface area contributed by atoms with E-state index in [1.54, 1.807) is 6.92 Å². The Labute approximate surface area is 90.8 Å². The Morgan fingerprint density at radius 1 is 1.60 bits per heavy atom. The lowest BCUT2D eigenvalue weighted by atomic mass is 10.0. The SMILES string of the molecule is CN(C)CC(C)(O)CNC(=O)C1CNC1. The predicted octanol–water partition coefficient (Wildman–Crippen LogP) is -1.37. The summed E-state index contributed by atoms with van der Waals surface area (Å²) < 4.78 is 0. The number of hydrogen-bond acceptors (Lipinski definition) is 4. The molecule has 1 fully saturated rings. The molecule has 1 heterocycles. The number of amides is 1. The lowest BCUT2D eigenvalue weighted by Gasteiger charge is -2.30. The summed E-state index contributed by atoms with van der Waals surface area (Å²) in [5.74, 6) is 0.118. The highest BCUT2D eigenvalue weighted by Gasteiger charge is 2.27. The molecule has 5 heteroatoms. The molecule has 0 aliphatic carbocycles. The van der Waals surface area contributed by atoms with E-state index >= 15 is 0 Å². The molecule has 15 heavy (non-hydrogen) atoms. The maximum absolute atomic E-state index is 11.5. The number of nitrogens with one attached hydrogen (secondary N) is 2. The van der Waals surface area contributed by atoms with Crippen LogP contribution in [0.15, 0.2) is 0 Å². The quantitative estimate of drug-likeness (QED) is 0.530. The van der Waals surface area contributed by atoms with Gasteiger partial charge in [0.1, 0.15) is 0 Å². The van der Waals surface area contributed by atoms with Crippen LogP contribution in [0.2, 0.25) is 0 Å². The summed E-state index contributed by atoms with van der Waals surface area (Å²) in [7, 11) is 3.79. The van der Waals surface area contributed by atoms with Gasteiger partial charge in [0.15, 0.2) is 0 Å². The minimum Gasteiger partial charge on any atom is -0.387 e. The van der Waals surface area contributed by atoms with Gasteiger partial charge in [0.2, 0.25) is 5.91 Å². The molecule has 1 saturated heterocycles. The first-order valence-electron chi connectivity index (χ1n) is 5.26. The number of aliphatic hydroxyl groups is 1. The molecule has 1 rings (SSSR count). The van der Waals surface area contributed by atoms with Gasteiger partial charge in [-0.25, -0.2) is 0 Å². The number of rotatable bonds is 5. The summed E-state index contributed by atoms with van der Waals surface area (Å²) in [5, 5.41) is 15.7. The van der Waals surface area contributed by atoms with Crippen LogP contribution in [0.1, 0.15) is 6.92 Å². The monoisotopic (exact) mass is 215 g/mol. The van der Waals surface area contributed by atoms with Gasteiger partial charge in [-0.1, -0.05) is 0 Å². The first-order valence-corrected chi connectivity index (χ1v) is 5.26. The van der Waals surface area contributed by atoms with Gasteiger partial charge in [-0.05, 0) is 21.0 Å². The maximum atomic E-state index is 11.5. The van der Waals surface area contributed by atoms with Crippen molar-refractivity contribution in [1.29, 1.82) is 0 Å². The Morgan fingerprint density at radius 3 is 2.60 bits per heavy atom. The number of carbonyl (C=O) groups is 1. The van der Waals surface area contributed by atoms with Crippen molar-refractivity contribution in [1.82, 2.24) is 15.5 Å². The predicted molar refractivity (Wildman–Crippen MR) is 58.5 cm³/mol. The van der Waals surface area contributed by atoms with E-state index in [2.05, 4.69) is 10.6 Å². The van der Waals surface area contributed by atoms with Crippen molar-refractivity contribution in [2.45, 2.75) is 12.5 Å². The third-order valence-electron chi connectivity index (χ3n) is 2.45. The number of hydrogen-bond donors (Lipinski definition) is 3. The molecule has 1 atom stereocenters. The van der Waals surface area contributed by atoms with Gasteiger partial charge in [-0.15, -0.1) is 0 Å². The highest BCUT2D eigenvalue weighted by atomic mass is 16.3. The van der Waals surface area contributed by atoms with Crippen LogP contribution in [0.25, 0.3) is 0 Å².